The van der Waals surface area contributed by atoms with Gasteiger partial charge in [0, 0.05) is 5.69 Å². The maximum absolute atomic E-state index is 12.5. The van der Waals surface area contributed by atoms with Gasteiger partial charge in [0.2, 0.25) is 5.91 Å². The highest BCUT2D eigenvalue weighted by Gasteiger charge is 2.16. The van der Waals surface area contributed by atoms with Gasteiger partial charge in [-0.25, -0.2) is 0 Å². The monoisotopic (exact) mass is 361 g/mol. The van der Waals surface area contributed by atoms with Crippen LogP contribution in [-0.4, -0.2) is 11.7 Å². The smallest absolute Gasteiger partial charge is 0.234 e. The van der Waals surface area contributed by atoms with E-state index in [1.807, 2.05) is 55.5 Å². The molecule has 0 saturated heterocycles. The van der Waals surface area contributed by atoms with Crippen molar-refractivity contribution in [1.82, 2.24) is 0 Å². The largest absolute Gasteiger partial charge is 0.325 e. The van der Waals surface area contributed by atoms with Crippen molar-refractivity contribution in [1.29, 1.82) is 0 Å². The standard InChI is InChI=1S/C23H23NOS/c1-17-13-14-21(18(2)15-17)24-22(25)16-26-23(19-9-5-3-6-10-19)20-11-7-4-8-12-20/h3-15,23H,16H2,1-2H3,(H,24,25). The Kier molecular flexibility index (Phi) is 6.13. The fourth-order valence-corrected chi connectivity index (χ4v) is 4.03. The van der Waals surface area contributed by atoms with Crippen molar-refractivity contribution in [2.45, 2.75) is 19.1 Å². The first-order valence-electron chi connectivity index (χ1n) is 8.72. The molecule has 3 aromatic rings. The van der Waals surface area contributed by atoms with Gasteiger partial charge in [0.05, 0.1) is 11.0 Å². The molecule has 0 bridgehead atoms. The molecule has 0 aliphatic rings. The summed E-state index contributed by atoms with van der Waals surface area (Å²) in [5, 5.41) is 3.18. The molecule has 2 nitrogen and oxygen atoms in total. The summed E-state index contributed by atoms with van der Waals surface area (Å²) in [4.78, 5) is 12.5. The summed E-state index contributed by atoms with van der Waals surface area (Å²) in [5.74, 6) is 0.431. The van der Waals surface area contributed by atoms with E-state index in [1.54, 1.807) is 11.8 Å². The van der Waals surface area contributed by atoms with Crippen LogP contribution in [-0.2, 0) is 4.79 Å². The molecule has 0 aromatic heterocycles. The van der Waals surface area contributed by atoms with Gasteiger partial charge in [-0.15, -0.1) is 11.8 Å². The summed E-state index contributed by atoms with van der Waals surface area (Å²) >= 11 is 1.65. The van der Waals surface area contributed by atoms with Crippen LogP contribution in [0.25, 0.3) is 0 Å². The molecule has 3 rings (SSSR count). The minimum atomic E-state index is 0.0267. The highest BCUT2D eigenvalue weighted by Crippen LogP contribution is 2.35. The molecule has 1 N–H and O–H groups in total. The van der Waals surface area contributed by atoms with E-state index in [9.17, 15) is 4.79 Å². The molecule has 26 heavy (non-hydrogen) atoms. The second kappa shape index (κ2) is 8.72. The second-order valence-corrected chi connectivity index (χ2v) is 7.47. The number of nitrogens with one attached hydrogen (secondary N) is 1. The molecule has 0 atom stereocenters. The van der Waals surface area contributed by atoms with Gasteiger partial charge in [-0.05, 0) is 36.6 Å². The SMILES string of the molecule is Cc1ccc(NC(=O)CSC(c2ccccc2)c2ccccc2)c(C)c1. The van der Waals surface area contributed by atoms with E-state index in [1.165, 1.54) is 16.7 Å². The van der Waals surface area contributed by atoms with E-state index in [-0.39, 0.29) is 11.2 Å². The number of hydrogen-bond donors (Lipinski definition) is 1. The number of thioether (sulfide) groups is 1. The van der Waals surface area contributed by atoms with Crippen molar-refractivity contribution in [3.8, 4) is 0 Å². The van der Waals surface area contributed by atoms with Crippen LogP contribution < -0.4 is 5.32 Å². The van der Waals surface area contributed by atoms with E-state index >= 15 is 0 Å². The second-order valence-electron chi connectivity index (χ2n) is 6.38. The topological polar surface area (TPSA) is 29.1 Å². The fraction of sp³-hybridized carbons (Fsp3) is 0.174. The summed E-state index contributed by atoms with van der Waals surface area (Å²) in [5.41, 5.74) is 5.59. The van der Waals surface area contributed by atoms with Gasteiger partial charge in [0.1, 0.15) is 0 Å². The van der Waals surface area contributed by atoms with Crippen molar-refractivity contribution in [3.63, 3.8) is 0 Å². The van der Waals surface area contributed by atoms with Crippen LogP contribution >= 0.6 is 11.8 Å². The Morgan fingerprint density at radius 3 is 2.00 bits per heavy atom. The quantitative estimate of drug-likeness (QED) is 0.604. The zero-order chi connectivity index (χ0) is 18.4. The lowest BCUT2D eigenvalue weighted by molar-refractivity contribution is -0.113. The lowest BCUT2D eigenvalue weighted by Gasteiger charge is -2.18. The Labute approximate surface area is 159 Å². The highest BCUT2D eigenvalue weighted by molar-refractivity contribution is 8.00. The Hall–Kier alpha value is -2.52. The molecule has 0 saturated carbocycles. The average molecular weight is 362 g/mol. The summed E-state index contributed by atoms with van der Waals surface area (Å²) < 4.78 is 0. The first kappa shape index (κ1) is 18.3. The zero-order valence-corrected chi connectivity index (χ0v) is 15.9. The van der Waals surface area contributed by atoms with E-state index in [4.69, 9.17) is 0 Å². The molecule has 0 radical (unpaired) electrons. The summed E-state index contributed by atoms with van der Waals surface area (Å²) in [6.45, 7) is 4.07. The number of rotatable bonds is 6. The predicted octanol–water partition coefficient (Wildman–Crippen LogP) is 5.76. The number of carbonyl (C=O) groups is 1. The van der Waals surface area contributed by atoms with E-state index in [2.05, 4.69) is 42.6 Å². The molecule has 0 heterocycles. The van der Waals surface area contributed by atoms with E-state index in [0.29, 0.717) is 5.75 Å². The minimum Gasteiger partial charge on any atom is -0.325 e. The molecule has 132 valence electrons. The van der Waals surface area contributed by atoms with Crippen LogP contribution in [0.2, 0.25) is 0 Å². The fourth-order valence-electron chi connectivity index (χ4n) is 2.94. The Bertz CT molecular complexity index is 822. The van der Waals surface area contributed by atoms with Gasteiger partial charge in [0.25, 0.3) is 0 Å². The summed E-state index contributed by atoms with van der Waals surface area (Å²) in [6, 6.07) is 26.8. The van der Waals surface area contributed by atoms with Gasteiger partial charge in [-0.3, -0.25) is 4.79 Å². The molecular formula is C23H23NOS. The summed E-state index contributed by atoms with van der Waals surface area (Å²) in [7, 11) is 0. The van der Waals surface area contributed by atoms with Crippen molar-refractivity contribution < 1.29 is 4.79 Å². The third kappa shape index (κ3) is 4.77. The molecule has 0 unspecified atom stereocenters. The molecule has 1 amide bonds. The normalized spacial score (nSPS) is 10.7. The maximum Gasteiger partial charge on any atom is 0.234 e. The number of amides is 1. The number of aryl methyl sites for hydroxylation is 2. The number of anilines is 1. The maximum atomic E-state index is 12.5. The van der Waals surface area contributed by atoms with E-state index in [0.717, 1.165) is 11.3 Å². The lowest BCUT2D eigenvalue weighted by Crippen LogP contribution is -2.16. The van der Waals surface area contributed by atoms with Crippen molar-refractivity contribution >= 4 is 23.4 Å². The zero-order valence-electron chi connectivity index (χ0n) is 15.1. The molecule has 0 spiro atoms. The van der Waals surface area contributed by atoms with Gasteiger partial charge < -0.3 is 5.32 Å². The van der Waals surface area contributed by atoms with Gasteiger partial charge in [0.15, 0.2) is 0 Å². The van der Waals surface area contributed by atoms with E-state index < -0.39 is 0 Å². The van der Waals surface area contributed by atoms with Gasteiger partial charge >= 0.3 is 0 Å². The van der Waals surface area contributed by atoms with Crippen LogP contribution in [0.1, 0.15) is 27.5 Å². The molecule has 0 fully saturated rings. The first-order valence-corrected chi connectivity index (χ1v) is 9.77. The van der Waals surface area contributed by atoms with Gasteiger partial charge in [-0.2, -0.15) is 0 Å². The third-order valence-electron chi connectivity index (χ3n) is 4.24. The molecule has 3 aromatic carbocycles. The van der Waals surface area contributed by atoms with Crippen LogP contribution in [0.4, 0.5) is 5.69 Å². The van der Waals surface area contributed by atoms with Crippen molar-refractivity contribution in [2.24, 2.45) is 0 Å². The Balaban J connectivity index is 1.71. The molecular weight excluding hydrogens is 338 g/mol. The van der Waals surface area contributed by atoms with Crippen molar-refractivity contribution in [2.75, 3.05) is 11.1 Å². The lowest BCUT2D eigenvalue weighted by atomic mass is 10.0. The molecule has 0 aliphatic carbocycles. The van der Waals surface area contributed by atoms with Crippen LogP contribution in [0.15, 0.2) is 78.9 Å². The number of hydrogen-bond acceptors (Lipinski definition) is 2. The Morgan fingerprint density at radius 2 is 1.46 bits per heavy atom. The van der Waals surface area contributed by atoms with Crippen LogP contribution in [0.3, 0.4) is 0 Å². The van der Waals surface area contributed by atoms with Crippen LogP contribution in [0.5, 0.6) is 0 Å². The number of benzene rings is 3. The first-order chi connectivity index (χ1) is 12.6. The van der Waals surface area contributed by atoms with Crippen molar-refractivity contribution in [3.05, 3.63) is 101 Å². The summed E-state index contributed by atoms with van der Waals surface area (Å²) in [6.07, 6.45) is 0. The Morgan fingerprint density at radius 1 is 0.885 bits per heavy atom. The average Bonchev–Trinajstić information content (AvgIpc) is 2.66. The third-order valence-corrected chi connectivity index (χ3v) is 5.55. The molecule has 0 aliphatic heterocycles. The number of carbonyl (C=O) groups excluding carboxylic acids is 1. The minimum absolute atomic E-state index is 0.0267. The van der Waals surface area contributed by atoms with Crippen LogP contribution in [0, 0.1) is 13.8 Å². The highest BCUT2D eigenvalue weighted by atomic mass is 32.2. The van der Waals surface area contributed by atoms with Gasteiger partial charge in [-0.1, -0.05) is 78.4 Å². The predicted molar refractivity (Wildman–Crippen MR) is 112 cm³/mol. The molecule has 3 heteroatoms.